The maximum absolute atomic E-state index is 3.80. The molecule has 3 rings (SSSR count). The molecule has 0 unspecified atom stereocenters. The van der Waals surface area contributed by atoms with Gasteiger partial charge in [-0.05, 0) is 16.1 Å². The first-order valence-corrected chi connectivity index (χ1v) is 16.0. The largest absolute Gasteiger partial charge is 4.00 e. The fraction of sp³-hybridized carbons (Fsp3) is 0.250. The summed E-state index contributed by atoms with van der Waals surface area (Å²) in [5, 5.41) is 1.45. The van der Waals surface area contributed by atoms with E-state index in [1.807, 2.05) is 60.7 Å². The van der Waals surface area contributed by atoms with E-state index in [4.69, 9.17) is 0 Å². The molecular formula is C24H30Si2Zr. The van der Waals surface area contributed by atoms with Crippen LogP contribution in [0.2, 0.25) is 39.3 Å². The van der Waals surface area contributed by atoms with Gasteiger partial charge in [0.05, 0.1) is 0 Å². The maximum atomic E-state index is 3.80. The maximum Gasteiger partial charge on any atom is 4.00 e. The molecule has 0 saturated heterocycles. The van der Waals surface area contributed by atoms with Crippen LogP contribution in [0.15, 0.2) is 72.9 Å². The normalized spacial score (nSPS) is 14.2. The van der Waals surface area contributed by atoms with E-state index in [-0.39, 0.29) is 26.2 Å². The minimum absolute atomic E-state index is 0. The van der Waals surface area contributed by atoms with Gasteiger partial charge in [0.15, 0.2) is 0 Å². The smallest absolute Gasteiger partial charge is 0.329 e. The van der Waals surface area contributed by atoms with Crippen molar-refractivity contribution in [1.82, 2.24) is 0 Å². The van der Waals surface area contributed by atoms with Crippen LogP contribution >= 0.6 is 0 Å². The molecule has 0 N–H and O–H groups in total. The van der Waals surface area contributed by atoms with Gasteiger partial charge in [-0.25, -0.2) is 36.4 Å². The molecule has 3 heteroatoms. The number of hydrogen-bond acceptors (Lipinski definition) is 0. The van der Waals surface area contributed by atoms with Crippen LogP contribution < -0.4 is 0 Å². The molecule has 1 aromatic carbocycles. The van der Waals surface area contributed by atoms with Crippen molar-refractivity contribution in [3.63, 3.8) is 0 Å². The number of rotatable bonds is 3. The quantitative estimate of drug-likeness (QED) is 0.339. The van der Waals surface area contributed by atoms with Crippen molar-refractivity contribution >= 4 is 21.3 Å². The van der Waals surface area contributed by atoms with Crippen LogP contribution in [0.3, 0.4) is 0 Å². The van der Waals surface area contributed by atoms with Crippen LogP contribution in [0.1, 0.15) is 5.56 Å². The van der Waals surface area contributed by atoms with E-state index in [1.54, 1.807) is 0 Å². The second-order valence-corrected chi connectivity index (χ2v) is 17.8. The minimum Gasteiger partial charge on any atom is -0.329 e. The first-order valence-electron chi connectivity index (χ1n) is 8.98. The first kappa shape index (κ1) is 26.0. The first-order chi connectivity index (χ1) is 12.2. The van der Waals surface area contributed by atoms with E-state index >= 15 is 0 Å². The molecule has 0 atom stereocenters. The molecule has 2 aliphatic carbocycles. The third-order valence-corrected chi connectivity index (χ3v) is 6.36. The molecule has 138 valence electrons. The standard InChI is InChI=1S/C14H22Si2.2C5H4.Zr/c1-15(2,3)12-14(16(4,5)6)13-10-8-7-9-11-13;2*1-2-4-5-3-1;/h7-10H,1-6H3;2*1-4H;/q-2;2*-1;+4. The molecule has 1 aromatic rings. The Hall–Kier alpha value is -1.02. The molecule has 0 heterocycles. The molecule has 0 nitrogen and oxygen atoms in total. The van der Waals surface area contributed by atoms with E-state index in [9.17, 15) is 0 Å². The van der Waals surface area contributed by atoms with Crippen LogP contribution in [0.5, 0.6) is 0 Å². The molecule has 0 fully saturated rings. The van der Waals surface area contributed by atoms with Gasteiger partial charge < -0.3 is 16.5 Å². The van der Waals surface area contributed by atoms with Crippen molar-refractivity contribution in [1.29, 1.82) is 0 Å². The zero-order valence-electron chi connectivity index (χ0n) is 17.4. The summed E-state index contributed by atoms with van der Waals surface area (Å²) in [6.45, 7) is 14.2. The van der Waals surface area contributed by atoms with E-state index in [2.05, 4.69) is 76.0 Å². The van der Waals surface area contributed by atoms with Gasteiger partial charge >= 0.3 is 26.2 Å². The van der Waals surface area contributed by atoms with Gasteiger partial charge in [-0.1, -0.05) is 39.3 Å². The van der Waals surface area contributed by atoms with Crippen LogP contribution in [-0.2, 0) is 26.2 Å². The van der Waals surface area contributed by atoms with Gasteiger partial charge in [-0.2, -0.15) is 49.3 Å². The molecule has 0 amide bonds. The van der Waals surface area contributed by atoms with Crippen LogP contribution in [-0.4, -0.2) is 16.1 Å². The molecule has 27 heavy (non-hydrogen) atoms. The fourth-order valence-electron chi connectivity index (χ4n) is 2.14. The summed E-state index contributed by atoms with van der Waals surface area (Å²) >= 11 is 0. The predicted octanol–water partition coefficient (Wildman–Crippen LogP) is 6.81. The van der Waals surface area contributed by atoms with E-state index in [0.29, 0.717) is 0 Å². The van der Waals surface area contributed by atoms with Gasteiger partial charge in [-0.15, -0.1) is 6.07 Å². The van der Waals surface area contributed by atoms with Gasteiger partial charge in [-0.3, -0.25) is 0 Å². The van der Waals surface area contributed by atoms with E-state index in [1.165, 1.54) is 10.8 Å². The third-order valence-electron chi connectivity index (χ3n) is 3.22. The Morgan fingerprint density at radius 3 is 1.52 bits per heavy atom. The second kappa shape index (κ2) is 13.2. The van der Waals surface area contributed by atoms with E-state index in [0.717, 1.165) is 0 Å². The number of hydrogen-bond donors (Lipinski definition) is 0. The van der Waals surface area contributed by atoms with Crippen LogP contribution in [0, 0.1) is 24.6 Å². The predicted molar refractivity (Wildman–Crippen MR) is 122 cm³/mol. The van der Waals surface area contributed by atoms with Gasteiger partial charge in [0.1, 0.15) is 0 Å². The summed E-state index contributed by atoms with van der Waals surface area (Å²) in [5.74, 6) is 0. The number of benzene rings is 1. The van der Waals surface area contributed by atoms with Crippen molar-refractivity contribution in [2.24, 2.45) is 0 Å². The summed E-state index contributed by atoms with van der Waals surface area (Å²) in [5.41, 5.74) is 5.05. The summed E-state index contributed by atoms with van der Waals surface area (Å²) in [6.07, 6.45) is 21.0. The van der Waals surface area contributed by atoms with Gasteiger partial charge in [0.25, 0.3) is 0 Å². The van der Waals surface area contributed by atoms with Crippen molar-refractivity contribution in [2.75, 3.05) is 0 Å². The molecule has 0 saturated carbocycles. The molecule has 0 bridgehead atoms. The average Bonchev–Trinajstić information content (AvgIpc) is 3.29. The SMILES string of the molecule is C[Si](C)(C)[C-]=C(c1[c-]cccc1)[Si](C)(C)C.[C-]1C=CC=C1.[C-]1C=CC=C1.[Zr+4]. The third kappa shape index (κ3) is 12.9. The average molecular weight is 466 g/mol. The minimum atomic E-state index is -1.33. The number of allylic oxidation sites excluding steroid dienone is 8. The molecular weight excluding hydrogens is 436 g/mol. The molecule has 0 spiro atoms. The van der Waals surface area contributed by atoms with Crippen LogP contribution in [0.4, 0.5) is 0 Å². The fourth-order valence-corrected chi connectivity index (χ4v) is 6.61. The summed E-state index contributed by atoms with van der Waals surface area (Å²) < 4.78 is 0. The molecule has 2 aliphatic rings. The summed E-state index contributed by atoms with van der Waals surface area (Å²) in [4.78, 5) is 0. The Labute approximate surface area is 189 Å². The second-order valence-electron chi connectivity index (χ2n) is 8.05. The topological polar surface area (TPSA) is 0 Å². The molecule has 2 radical (unpaired) electrons. The zero-order chi connectivity index (χ0) is 19.5. The van der Waals surface area contributed by atoms with Crippen molar-refractivity contribution < 1.29 is 26.2 Å². The van der Waals surface area contributed by atoms with Crippen molar-refractivity contribution in [2.45, 2.75) is 39.3 Å². The molecule has 0 aliphatic heterocycles. The Kier molecular flexibility index (Phi) is 12.7. The zero-order valence-corrected chi connectivity index (χ0v) is 21.9. The van der Waals surface area contributed by atoms with Gasteiger partial charge in [0, 0.05) is 0 Å². The summed E-state index contributed by atoms with van der Waals surface area (Å²) in [7, 11) is -2.61. The Balaban J connectivity index is 0.000000496. The Bertz CT molecular complexity index is 625. The Morgan fingerprint density at radius 1 is 0.778 bits per heavy atom. The Morgan fingerprint density at radius 2 is 1.26 bits per heavy atom. The monoisotopic (exact) mass is 464 g/mol. The van der Waals surface area contributed by atoms with Crippen molar-refractivity contribution in [3.8, 4) is 0 Å². The summed E-state index contributed by atoms with van der Waals surface area (Å²) in [6, 6.07) is 11.6. The van der Waals surface area contributed by atoms with E-state index < -0.39 is 16.1 Å². The molecule has 0 aromatic heterocycles. The van der Waals surface area contributed by atoms with Crippen LogP contribution in [0.25, 0.3) is 5.20 Å². The van der Waals surface area contributed by atoms with Gasteiger partial charge in [0.2, 0.25) is 0 Å². The van der Waals surface area contributed by atoms with Crippen molar-refractivity contribution in [3.05, 3.63) is 103 Å².